The van der Waals surface area contributed by atoms with E-state index in [0.29, 0.717) is 0 Å². The van der Waals surface area contributed by atoms with Gasteiger partial charge in [-0.05, 0) is 18.4 Å². The third kappa shape index (κ3) is 5.17. The summed E-state index contributed by atoms with van der Waals surface area (Å²) in [6.07, 6.45) is 2.13. The minimum Gasteiger partial charge on any atom is -0.722 e. The average molecular weight is 298 g/mol. The van der Waals surface area contributed by atoms with Crippen LogP contribution in [0.5, 0.6) is 0 Å². The molecule has 2 rings (SSSR count). The van der Waals surface area contributed by atoms with Gasteiger partial charge in [0.25, 0.3) is 10.5 Å². The second-order valence-corrected chi connectivity index (χ2v) is 6.98. The zero-order valence-electron chi connectivity index (χ0n) is 8.05. The summed E-state index contributed by atoms with van der Waals surface area (Å²) in [4.78, 5) is 0. The fourth-order valence-corrected chi connectivity index (χ4v) is 4.05. The van der Waals surface area contributed by atoms with Crippen molar-refractivity contribution in [3.63, 3.8) is 0 Å². The Labute approximate surface area is 105 Å². The molecule has 0 spiro atoms. The summed E-state index contributed by atoms with van der Waals surface area (Å²) in [6.45, 7) is 0. The summed E-state index contributed by atoms with van der Waals surface area (Å²) < 4.78 is 39.6. The zero-order chi connectivity index (χ0) is 12.2. The molecule has 0 bridgehead atoms. The molecule has 16 heavy (non-hydrogen) atoms. The molecule has 0 aliphatic carbocycles. The first kappa shape index (κ1) is 13.8. The van der Waals surface area contributed by atoms with Crippen molar-refractivity contribution in [2.45, 2.75) is 3.52 Å². The Kier molecular flexibility index (Phi) is 5.06. The van der Waals surface area contributed by atoms with E-state index in [-0.39, 0.29) is 0 Å². The largest absolute Gasteiger partial charge is 0.722 e. The molecule has 0 aliphatic rings. The van der Waals surface area contributed by atoms with E-state index < -0.39 is 10.5 Å². The Morgan fingerprint density at radius 1 is 1.44 bits per heavy atom. The number of benzene rings is 1. The Hall–Kier alpha value is -0.280. The topological polar surface area (TPSA) is 57.2 Å². The van der Waals surface area contributed by atoms with Gasteiger partial charge in [0, 0.05) is 0 Å². The Morgan fingerprint density at radius 3 is 2.50 bits per heavy atom. The van der Waals surface area contributed by atoms with E-state index in [2.05, 4.69) is 30.5 Å². The van der Waals surface area contributed by atoms with Gasteiger partial charge < -0.3 is 4.55 Å². The molecule has 0 unspecified atom stereocenters. The Morgan fingerprint density at radius 2 is 2.00 bits per heavy atom. The minimum atomic E-state index is -5.42. The van der Waals surface area contributed by atoms with Crippen LogP contribution in [0.2, 0.25) is 0 Å². The molecule has 0 fully saturated rings. The Balaban J connectivity index is 0.000000221. The zero-order valence-corrected chi connectivity index (χ0v) is 11.3. The summed E-state index contributed by atoms with van der Waals surface area (Å²) in [5.41, 5.74) is 0. The Bertz CT molecular complexity index is 522. The molecule has 88 valence electrons. The number of thioether (sulfide) groups is 1. The molecule has 3 nitrogen and oxygen atoms in total. The van der Waals surface area contributed by atoms with Gasteiger partial charge in [-0.15, -0.1) is 3.89 Å². The van der Waals surface area contributed by atoms with Gasteiger partial charge in [-0.3, -0.25) is 0 Å². The highest BCUT2D eigenvalue weighted by Crippen LogP contribution is 2.36. The van der Waals surface area contributed by atoms with E-state index in [9.17, 15) is 3.89 Å². The molecular formula is C8H7FO3S4. The van der Waals surface area contributed by atoms with Crippen molar-refractivity contribution >= 4 is 54.3 Å². The predicted molar refractivity (Wildman–Crippen MR) is 66.7 cm³/mol. The van der Waals surface area contributed by atoms with Gasteiger partial charge in [0.15, 0.2) is 9.40 Å². The van der Waals surface area contributed by atoms with Gasteiger partial charge >= 0.3 is 3.52 Å². The first-order valence-electron chi connectivity index (χ1n) is 3.91. The summed E-state index contributed by atoms with van der Waals surface area (Å²) >= 11 is 5.59. The van der Waals surface area contributed by atoms with Crippen molar-refractivity contribution < 1.29 is 16.9 Å². The van der Waals surface area contributed by atoms with Gasteiger partial charge in [0.1, 0.15) is 22.7 Å². The van der Waals surface area contributed by atoms with Gasteiger partial charge in [-0.25, -0.2) is 8.42 Å². The first-order chi connectivity index (χ1) is 7.40. The molecule has 1 heterocycles. The van der Waals surface area contributed by atoms with Crippen LogP contribution in [0, 0.1) is 0 Å². The van der Waals surface area contributed by atoms with Crippen LogP contribution in [0.25, 0.3) is 9.40 Å². The van der Waals surface area contributed by atoms with Crippen LogP contribution in [0.15, 0.2) is 27.8 Å². The van der Waals surface area contributed by atoms with E-state index in [1.807, 2.05) is 34.4 Å². The number of hydrogen-bond donors (Lipinski definition) is 0. The monoisotopic (exact) mass is 298 g/mol. The van der Waals surface area contributed by atoms with E-state index in [1.165, 1.54) is 12.9 Å². The molecule has 1 aromatic carbocycles. The van der Waals surface area contributed by atoms with Crippen LogP contribution in [-0.4, -0.2) is 19.2 Å². The summed E-state index contributed by atoms with van der Waals surface area (Å²) in [7, 11) is -5.42. The molecule has 0 radical (unpaired) electrons. The molecule has 8 heteroatoms. The first-order valence-corrected chi connectivity index (χ1v) is 8.08. The fourth-order valence-electron chi connectivity index (χ4n) is 0.903. The van der Waals surface area contributed by atoms with Crippen LogP contribution in [-0.2, 0) is 10.5 Å². The highest BCUT2D eigenvalue weighted by atomic mass is 32.3. The maximum atomic E-state index is 10.1. The summed E-state index contributed by atoms with van der Waals surface area (Å²) in [5, 5.41) is 0. The molecule has 0 atom stereocenters. The molecule has 2 aromatic rings. The molecule has 0 aliphatic heterocycles. The molecule has 0 N–H and O–H groups in total. The van der Waals surface area contributed by atoms with Gasteiger partial charge in [-0.2, -0.15) is 0 Å². The van der Waals surface area contributed by atoms with E-state index in [4.69, 9.17) is 13.0 Å². The molecule has 0 saturated heterocycles. The van der Waals surface area contributed by atoms with Crippen molar-refractivity contribution in [1.29, 1.82) is 0 Å². The van der Waals surface area contributed by atoms with Crippen molar-refractivity contribution in [2.24, 2.45) is 0 Å². The maximum Gasteiger partial charge on any atom is 0.313 e. The van der Waals surface area contributed by atoms with E-state index in [0.717, 1.165) is 0 Å². The van der Waals surface area contributed by atoms with Crippen molar-refractivity contribution in [1.82, 2.24) is 0 Å². The average Bonchev–Trinajstić information content (AvgIpc) is 2.57. The smallest absolute Gasteiger partial charge is 0.313 e. The van der Waals surface area contributed by atoms with Crippen molar-refractivity contribution in [3.8, 4) is 0 Å². The molecule has 0 amide bonds. The van der Waals surface area contributed by atoms with E-state index >= 15 is 0 Å². The van der Waals surface area contributed by atoms with Gasteiger partial charge in [-0.1, -0.05) is 23.9 Å². The van der Waals surface area contributed by atoms with Crippen LogP contribution in [0.1, 0.15) is 0 Å². The standard InChI is InChI=1S/C8H7S3.FHO3S/c1-9-8-10-6-4-2-3-5-7(6)11-8;1-5(2,3)4/h2-5H,1H3;(H,2,3,4)/q+1;/p-1. The van der Waals surface area contributed by atoms with E-state index in [1.54, 1.807) is 0 Å². The lowest BCUT2D eigenvalue weighted by atomic mass is 10.4. The lowest BCUT2D eigenvalue weighted by molar-refractivity contribution is 0.417. The second kappa shape index (κ2) is 5.87. The summed E-state index contributed by atoms with van der Waals surface area (Å²) in [5.74, 6) is 0. The number of rotatable bonds is 1. The lowest BCUT2D eigenvalue weighted by Crippen LogP contribution is -1.81. The molecule has 1 aromatic heterocycles. The van der Waals surface area contributed by atoms with Crippen molar-refractivity contribution in [3.05, 3.63) is 24.3 Å². The predicted octanol–water partition coefficient (Wildman–Crippen LogP) is 3.38. The third-order valence-corrected chi connectivity index (χ3v) is 5.35. The highest BCUT2D eigenvalue weighted by molar-refractivity contribution is 8.02. The number of hydrogen-bond acceptors (Lipinski definition) is 5. The molecular weight excluding hydrogens is 291 g/mol. The van der Waals surface area contributed by atoms with Crippen LogP contribution < -0.4 is 0 Å². The van der Waals surface area contributed by atoms with Crippen LogP contribution in [0.4, 0.5) is 3.89 Å². The molecule has 0 saturated carbocycles. The number of fused-ring (bicyclic) bond motifs is 1. The lowest BCUT2D eigenvalue weighted by Gasteiger charge is -1.84. The van der Waals surface area contributed by atoms with Crippen LogP contribution >= 0.6 is 34.4 Å². The summed E-state index contributed by atoms with van der Waals surface area (Å²) in [6, 6.07) is 8.54. The fraction of sp³-hybridized carbons (Fsp3) is 0.125. The van der Waals surface area contributed by atoms with Crippen LogP contribution in [0.3, 0.4) is 0 Å². The SMILES string of the molecule is CSc1sc2ccccc2[s+]1.O=S(=O)([O-])F. The third-order valence-electron chi connectivity index (χ3n) is 1.40. The highest BCUT2D eigenvalue weighted by Gasteiger charge is 2.12. The quantitative estimate of drug-likeness (QED) is 0.350. The maximum absolute atomic E-state index is 10.1. The van der Waals surface area contributed by atoms with Gasteiger partial charge in [0.05, 0.1) is 0 Å². The normalized spacial score (nSPS) is 10.9. The van der Waals surface area contributed by atoms with Gasteiger partial charge in [0.2, 0.25) is 0 Å². The second-order valence-electron chi connectivity index (χ2n) is 2.50. The minimum absolute atomic E-state index is 1.40. The van der Waals surface area contributed by atoms with Crippen molar-refractivity contribution in [2.75, 3.05) is 6.26 Å². The number of halogens is 1.